The number of pyridine rings is 1. The minimum absolute atomic E-state index is 0.0845. The Kier molecular flexibility index (Phi) is 3.82. The Morgan fingerprint density at radius 2 is 2.10 bits per heavy atom. The van der Waals surface area contributed by atoms with Gasteiger partial charge in [-0.2, -0.15) is 0 Å². The molecule has 3 heterocycles. The first-order valence-corrected chi connectivity index (χ1v) is 7.33. The van der Waals surface area contributed by atoms with Gasteiger partial charge < -0.3 is 20.3 Å². The molecule has 2 saturated heterocycles. The van der Waals surface area contributed by atoms with E-state index >= 15 is 0 Å². The second-order valence-corrected chi connectivity index (χ2v) is 5.66. The molecule has 6 heteroatoms. The normalized spacial score (nSPS) is 24.0. The lowest BCUT2D eigenvalue weighted by Crippen LogP contribution is -2.40. The molecule has 1 unspecified atom stereocenters. The Labute approximate surface area is 118 Å². The van der Waals surface area contributed by atoms with Crippen LogP contribution >= 0.6 is 0 Å². The summed E-state index contributed by atoms with van der Waals surface area (Å²) in [6, 6.07) is 3.99. The Bertz CT molecular complexity index is 463. The zero-order chi connectivity index (χ0) is 13.9. The van der Waals surface area contributed by atoms with Gasteiger partial charge in [-0.3, -0.25) is 0 Å². The molecule has 1 aromatic rings. The average molecular weight is 276 g/mol. The number of anilines is 1. The second kappa shape index (κ2) is 5.75. The minimum Gasteiger partial charge on any atom is -0.368 e. The van der Waals surface area contributed by atoms with Crippen molar-refractivity contribution in [2.24, 2.45) is 5.92 Å². The van der Waals surface area contributed by atoms with Gasteiger partial charge in [0.05, 0.1) is 5.69 Å². The van der Waals surface area contributed by atoms with Crippen molar-refractivity contribution in [3.05, 3.63) is 28.4 Å². The first-order chi connectivity index (χ1) is 9.74. The van der Waals surface area contributed by atoms with Crippen LogP contribution in [-0.2, 0) is 0 Å². The topological polar surface area (TPSA) is 71.3 Å². The molecule has 2 aliphatic heterocycles. The summed E-state index contributed by atoms with van der Waals surface area (Å²) >= 11 is 0. The largest absolute Gasteiger partial charge is 0.368 e. The van der Waals surface area contributed by atoms with Crippen LogP contribution in [0.3, 0.4) is 0 Å². The van der Waals surface area contributed by atoms with Gasteiger partial charge in [0, 0.05) is 25.2 Å². The molecule has 0 radical (unpaired) electrons. The maximum absolute atomic E-state index is 10.6. The van der Waals surface area contributed by atoms with Gasteiger partial charge in [0.1, 0.15) is 0 Å². The van der Waals surface area contributed by atoms with Crippen LogP contribution in [0.15, 0.2) is 18.3 Å². The van der Waals surface area contributed by atoms with E-state index in [9.17, 15) is 10.1 Å². The fraction of sp³-hybridized carbons (Fsp3) is 0.643. The van der Waals surface area contributed by atoms with E-state index in [4.69, 9.17) is 0 Å². The fourth-order valence-corrected chi connectivity index (χ4v) is 3.35. The molecule has 20 heavy (non-hydrogen) atoms. The summed E-state index contributed by atoms with van der Waals surface area (Å²) in [6.07, 6.45) is 6.61. The van der Waals surface area contributed by atoms with Gasteiger partial charge in [-0.25, -0.2) is 0 Å². The lowest BCUT2D eigenvalue weighted by Gasteiger charge is -2.35. The van der Waals surface area contributed by atoms with Gasteiger partial charge in [0.2, 0.25) is 0 Å². The van der Waals surface area contributed by atoms with E-state index in [0.29, 0.717) is 6.04 Å². The molecule has 0 aliphatic carbocycles. The van der Waals surface area contributed by atoms with Crippen LogP contribution in [0.4, 0.5) is 11.5 Å². The highest BCUT2D eigenvalue weighted by molar-refractivity contribution is 5.46. The lowest BCUT2D eigenvalue weighted by atomic mass is 9.88. The molecule has 3 rings (SSSR count). The molecule has 1 aromatic heterocycles. The molecule has 0 amide bonds. The third-order valence-electron chi connectivity index (χ3n) is 4.49. The minimum atomic E-state index is -0.457. The predicted octanol–water partition coefficient (Wildman–Crippen LogP) is 1.96. The smallest absolute Gasteiger partial charge is 0.363 e. The Morgan fingerprint density at radius 1 is 1.30 bits per heavy atom. The van der Waals surface area contributed by atoms with Gasteiger partial charge in [0.15, 0.2) is 6.20 Å². The lowest BCUT2D eigenvalue weighted by molar-refractivity contribution is -0.389. The molecule has 2 fully saturated rings. The van der Waals surface area contributed by atoms with Crippen molar-refractivity contribution in [2.45, 2.75) is 31.7 Å². The summed E-state index contributed by atoms with van der Waals surface area (Å²) in [7, 11) is 0. The SMILES string of the molecule is O=[N+]([O-])c1ccc(N2CCC(C3CCCN3)CC2)cn1. The number of aromatic nitrogens is 1. The third-order valence-corrected chi connectivity index (χ3v) is 4.49. The Morgan fingerprint density at radius 3 is 2.65 bits per heavy atom. The summed E-state index contributed by atoms with van der Waals surface area (Å²) in [6.45, 7) is 3.20. The molecule has 108 valence electrons. The van der Waals surface area contributed by atoms with Crippen LogP contribution in [0.2, 0.25) is 0 Å². The molecule has 0 spiro atoms. The second-order valence-electron chi connectivity index (χ2n) is 5.66. The zero-order valence-electron chi connectivity index (χ0n) is 11.5. The van der Waals surface area contributed by atoms with Gasteiger partial charge in [-0.15, -0.1) is 0 Å². The van der Waals surface area contributed by atoms with Crippen molar-refractivity contribution in [3.63, 3.8) is 0 Å². The molecule has 0 aromatic carbocycles. The van der Waals surface area contributed by atoms with Gasteiger partial charge in [-0.05, 0) is 54.1 Å². The summed E-state index contributed by atoms with van der Waals surface area (Å²) in [5.74, 6) is 0.693. The van der Waals surface area contributed by atoms with E-state index in [1.165, 1.54) is 31.7 Å². The highest BCUT2D eigenvalue weighted by Gasteiger charge is 2.28. The van der Waals surface area contributed by atoms with Gasteiger partial charge in [0.25, 0.3) is 0 Å². The molecule has 2 aliphatic rings. The van der Waals surface area contributed by atoms with Crippen LogP contribution in [0.5, 0.6) is 0 Å². The van der Waals surface area contributed by atoms with E-state index in [0.717, 1.165) is 31.2 Å². The van der Waals surface area contributed by atoms with Crippen molar-refractivity contribution in [1.29, 1.82) is 0 Å². The van der Waals surface area contributed by atoms with Crippen LogP contribution in [0.25, 0.3) is 0 Å². The number of nitrogens with one attached hydrogen (secondary N) is 1. The number of rotatable bonds is 3. The van der Waals surface area contributed by atoms with Crippen LogP contribution in [-0.4, -0.2) is 35.6 Å². The summed E-state index contributed by atoms with van der Waals surface area (Å²) < 4.78 is 0. The maximum Gasteiger partial charge on any atom is 0.363 e. The molecule has 0 saturated carbocycles. The highest BCUT2D eigenvalue weighted by Crippen LogP contribution is 2.28. The van der Waals surface area contributed by atoms with E-state index < -0.39 is 4.92 Å². The molecule has 1 N–H and O–H groups in total. The van der Waals surface area contributed by atoms with Gasteiger partial charge in [-0.1, -0.05) is 0 Å². The number of nitro groups is 1. The fourth-order valence-electron chi connectivity index (χ4n) is 3.35. The van der Waals surface area contributed by atoms with Crippen molar-refractivity contribution < 1.29 is 4.92 Å². The van der Waals surface area contributed by atoms with Crippen LogP contribution in [0, 0.1) is 16.0 Å². The summed E-state index contributed by atoms with van der Waals surface area (Å²) in [5, 5.41) is 14.2. The average Bonchev–Trinajstić information content (AvgIpc) is 3.02. The predicted molar refractivity (Wildman–Crippen MR) is 76.9 cm³/mol. The number of nitrogens with zero attached hydrogens (tertiary/aromatic N) is 3. The molecule has 1 atom stereocenters. The maximum atomic E-state index is 10.6. The van der Waals surface area contributed by atoms with Crippen molar-refractivity contribution in [3.8, 4) is 0 Å². The van der Waals surface area contributed by atoms with E-state index in [1.54, 1.807) is 12.3 Å². The number of hydrogen-bond acceptors (Lipinski definition) is 5. The third kappa shape index (κ3) is 2.75. The summed E-state index contributed by atoms with van der Waals surface area (Å²) in [4.78, 5) is 16.3. The van der Waals surface area contributed by atoms with Gasteiger partial charge >= 0.3 is 5.82 Å². The number of piperidine rings is 1. The zero-order valence-corrected chi connectivity index (χ0v) is 11.5. The van der Waals surface area contributed by atoms with E-state index in [1.807, 2.05) is 0 Å². The molecular weight excluding hydrogens is 256 g/mol. The van der Waals surface area contributed by atoms with Crippen molar-refractivity contribution in [2.75, 3.05) is 24.5 Å². The van der Waals surface area contributed by atoms with Crippen molar-refractivity contribution in [1.82, 2.24) is 10.3 Å². The highest BCUT2D eigenvalue weighted by atomic mass is 16.6. The monoisotopic (exact) mass is 276 g/mol. The Balaban J connectivity index is 1.58. The van der Waals surface area contributed by atoms with Crippen molar-refractivity contribution >= 4 is 11.5 Å². The molecule has 0 bridgehead atoms. The first-order valence-electron chi connectivity index (χ1n) is 7.33. The Hall–Kier alpha value is -1.69. The summed E-state index contributed by atoms with van der Waals surface area (Å²) in [5.41, 5.74) is 0.994. The standard InChI is InChI=1S/C14H20N4O2/c19-18(20)14-4-3-12(10-16-14)17-8-5-11(6-9-17)13-2-1-7-15-13/h3-4,10-11,13,15H,1-2,5-9H2. The molecule has 6 nitrogen and oxygen atoms in total. The van der Waals surface area contributed by atoms with Crippen LogP contribution < -0.4 is 10.2 Å². The van der Waals surface area contributed by atoms with Crippen LogP contribution in [0.1, 0.15) is 25.7 Å². The number of hydrogen-bond donors (Lipinski definition) is 1. The molecular formula is C14H20N4O2. The van der Waals surface area contributed by atoms with E-state index in [2.05, 4.69) is 15.2 Å². The first kappa shape index (κ1) is 13.3. The quantitative estimate of drug-likeness (QED) is 0.675. The van der Waals surface area contributed by atoms with E-state index in [-0.39, 0.29) is 5.82 Å².